The van der Waals surface area contributed by atoms with Crippen molar-refractivity contribution in [1.29, 1.82) is 0 Å². The van der Waals surface area contributed by atoms with E-state index < -0.39 is 0 Å². The second-order valence-corrected chi connectivity index (χ2v) is 9.89. The number of thiophene rings is 1. The summed E-state index contributed by atoms with van der Waals surface area (Å²) in [7, 11) is 0. The maximum atomic E-state index is 12.6. The van der Waals surface area contributed by atoms with Crippen molar-refractivity contribution in [1.82, 2.24) is 10.2 Å². The summed E-state index contributed by atoms with van der Waals surface area (Å²) in [5, 5.41) is 4.95. The van der Waals surface area contributed by atoms with Crippen LogP contribution in [0.4, 0.5) is 0 Å². The lowest BCUT2D eigenvalue weighted by molar-refractivity contribution is -0.135. The Kier molecular flexibility index (Phi) is 5.09. The van der Waals surface area contributed by atoms with Crippen molar-refractivity contribution in [2.45, 2.75) is 58.4 Å². The van der Waals surface area contributed by atoms with Gasteiger partial charge in [-0.05, 0) is 80.1 Å². The number of carbonyl (C=O) groups is 2. The average molecular weight is 375 g/mol. The third-order valence-corrected chi connectivity index (χ3v) is 7.66. The van der Waals surface area contributed by atoms with Crippen molar-refractivity contribution in [2.75, 3.05) is 13.1 Å². The number of hydrogen-bond acceptors (Lipinski definition) is 3. The van der Waals surface area contributed by atoms with Gasteiger partial charge in [-0.25, -0.2) is 0 Å². The van der Waals surface area contributed by atoms with Crippen molar-refractivity contribution in [3.05, 3.63) is 22.4 Å². The zero-order valence-electron chi connectivity index (χ0n) is 15.7. The van der Waals surface area contributed by atoms with E-state index in [4.69, 9.17) is 0 Å². The maximum absolute atomic E-state index is 12.6. The summed E-state index contributed by atoms with van der Waals surface area (Å²) >= 11 is 1.66. The standard InChI is InChI=1S/C21H30N2O2S/c1-2-23(14-18-4-3-5-26-18)20(25)13-22-19(24)12-21-9-15-6-16(10-21)8-17(7-15)11-21/h3-5,15-17H,2,6-14H2,1H3,(H,22,24). The Hall–Kier alpha value is -1.36. The van der Waals surface area contributed by atoms with Crippen LogP contribution in [0.2, 0.25) is 0 Å². The Morgan fingerprint density at radius 1 is 1.19 bits per heavy atom. The predicted octanol–water partition coefficient (Wildman–Crippen LogP) is 3.82. The van der Waals surface area contributed by atoms with Gasteiger partial charge in [0.15, 0.2) is 0 Å². The summed E-state index contributed by atoms with van der Waals surface area (Å²) in [6, 6.07) is 4.05. The molecule has 4 fully saturated rings. The molecule has 26 heavy (non-hydrogen) atoms. The molecule has 4 bridgehead atoms. The summed E-state index contributed by atoms with van der Waals surface area (Å²) in [5.74, 6) is 2.67. The first kappa shape index (κ1) is 18.0. The highest BCUT2D eigenvalue weighted by Crippen LogP contribution is 2.61. The van der Waals surface area contributed by atoms with Crippen molar-refractivity contribution in [3.63, 3.8) is 0 Å². The van der Waals surface area contributed by atoms with Gasteiger partial charge < -0.3 is 10.2 Å². The van der Waals surface area contributed by atoms with Crippen LogP contribution in [0.1, 0.15) is 56.7 Å². The SMILES string of the molecule is CCN(Cc1cccs1)C(=O)CNC(=O)CC12CC3CC(CC(C3)C1)C2. The second kappa shape index (κ2) is 7.34. The van der Waals surface area contributed by atoms with Crippen molar-refractivity contribution in [3.8, 4) is 0 Å². The van der Waals surface area contributed by atoms with Gasteiger partial charge in [-0.3, -0.25) is 9.59 Å². The van der Waals surface area contributed by atoms with Gasteiger partial charge in [0.05, 0.1) is 13.1 Å². The fraction of sp³-hybridized carbons (Fsp3) is 0.714. The second-order valence-electron chi connectivity index (χ2n) is 8.86. The predicted molar refractivity (Wildman–Crippen MR) is 104 cm³/mol. The molecule has 5 heteroatoms. The highest BCUT2D eigenvalue weighted by Gasteiger charge is 2.51. The number of carbonyl (C=O) groups excluding carboxylic acids is 2. The first-order valence-electron chi connectivity index (χ1n) is 10.1. The van der Waals surface area contributed by atoms with Crippen molar-refractivity contribution >= 4 is 23.2 Å². The fourth-order valence-corrected chi connectivity index (χ4v) is 6.88. The highest BCUT2D eigenvalue weighted by atomic mass is 32.1. The molecule has 1 aromatic rings. The molecule has 0 unspecified atom stereocenters. The molecule has 1 heterocycles. The van der Waals surface area contributed by atoms with Crippen LogP contribution in [0.3, 0.4) is 0 Å². The number of nitrogens with one attached hydrogen (secondary N) is 1. The molecule has 5 rings (SSSR count). The molecular weight excluding hydrogens is 344 g/mol. The highest BCUT2D eigenvalue weighted by molar-refractivity contribution is 7.09. The van der Waals surface area contributed by atoms with E-state index in [1.165, 1.54) is 43.4 Å². The molecule has 0 aromatic carbocycles. The molecule has 0 aliphatic heterocycles. The minimum Gasteiger partial charge on any atom is -0.347 e. The summed E-state index contributed by atoms with van der Waals surface area (Å²) in [4.78, 5) is 28.1. The fourth-order valence-electron chi connectivity index (χ4n) is 6.16. The smallest absolute Gasteiger partial charge is 0.242 e. The molecule has 0 spiro atoms. The van der Waals surface area contributed by atoms with Gasteiger partial charge >= 0.3 is 0 Å². The summed E-state index contributed by atoms with van der Waals surface area (Å²) in [6.45, 7) is 3.42. The largest absolute Gasteiger partial charge is 0.347 e. The lowest BCUT2D eigenvalue weighted by Gasteiger charge is -2.56. The lowest BCUT2D eigenvalue weighted by Crippen LogP contribution is -2.48. The molecule has 4 saturated carbocycles. The Morgan fingerprint density at radius 2 is 1.85 bits per heavy atom. The van der Waals surface area contributed by atoms with Gasteiger partial charge in [-0.2, -0.15) is 0 Å². The minimum atomic E-state index is 0.0137. The number of nitrogens with zero attached hydrogens (tertiary/aromatic N) is 1. The third kappa shape index (κ3) is 3.83. The van der Waals surface area contributed by atoms with Crippen LogP contribution in [0.15, 0.2) is 17.5 Å². The third-order valence-electron chi connectivity index (χ3n) is 6.80. The molecule has 1 aromatic heterocycles. The van der Waals surface area contributed by atoms with Gasteiger partial charge in [0.2, 0.25) is 11.8 Å². The van der Waals surface area contributed by atoms with Gasteiger partial charge in [0, 0.05) is 17.8 Å². The van der Waals surface area contributed by atoms with E-state index in [1.54, 1.807) is 11.3 Å². The quantitative estimate of drug-likeness (QED) is 0.789. The van der Waals surface area contributed by atoms with E-state index >= 15 is 0 Å². The van der Waals surface area contributed by atoms with E-state index in [0.29, 0.717) is 19.5 Å². The van der Waals surface area contributed by atoms with Crippen LogP contribution >= 0.6 is 11.3 Å². The molecule has 0 radical (unpaired) electrons. The molecule has 1 N–H and O–H groups in total. The lowest BCUT2D eigenvalue weighted by atomic mass is 9.49. The van der Waals surface area contributed by atoms with Gasteiger partial charge in [0.1, 0.15) is 0 Å². The van der Waals surface area contributed by atoms with Crippen LogP contribution in [-0.2, 0) is 16.1 Å². The van der Waals surface area contributed by atoms with Crippen LogP contribution in [0.25, 0.3) is 0 Å². The Balaban J connectivity index is 1.28. The van der Waals surface area contributed by atoms with Gasteiger partial charge in [0.25, 0.3) is 0 Å². The molecule has 4 aliphatic carbocycles. The molecular formula is C21H30N2O2S. The maximum Gasteiger partial charge on any atom is 0.242 e. The van der Waals surface area contributed by atoms with E-state index in [0.717, 1.165) is 17.8 Å². The molecule has 2 amide bonds. The molecule has 4 nitrogen and oxygen atoms in total. The van der Waals surface area contributed by atoms with Crippen LogP contribution < -0.4 is 5.32 Å². The first-order chi connectivity index (χ1) is 12.5. The summed E-state index contributed by atoms with van der Waals surface area (Å²) in [5.41, 5.74) is 0.239. The monoisotopic (exact) mass is 374 g/mol. The molecule has 4 aliphatic rings. The minimum absolute atomic E-state index is 0.0137. The number of rotatable bonds is 7. The van der Waals surface area contributed by atoms with E-state index in [-0.39, 0.29) is 23.8 Å². The van der Waals surface area contributed by atoms with Crippen molar-refractivity contribution in [2.24, 2.45) is 23.2 Å². The number of hydrogen-bond donors (Lipinski definition) is 1. The van der Waals surface area contributed by atoms with Crippen LogP contribution in [0.5, 0.6) is 0 Å². The molecule has 0 atom stereocenters. The van der Waals surface area contributed by atoms with E-state index in [1.807, 2.05) is 29.3 Å². The van der Waals surface area contributed by atoms with Gasteiger partial charge in [-0.1, -0.05) is 6.07 Å². The van der Waals surface area contributed by atoms with Crippen molar-refractivity contribution < 1.29 is 9.59 Å². The zero-order chi connectivity index (χ0) is 18.1. The Labute approximate surface area is 160 Å². The number of amides is 2. The van der Waals surface area contributed by atoms with Gasteiger partial charge in [-0.15, -0.1) is 11.3 Å². The average Bonchev–Trinajstić information content (AvgIpc) is 3.09. The van der Waals surface area contributed by atoms with E-state index in [2.05, 4.69) is 5.32 Å². The normalized spacial score (nSPS) is 31.8. The zero-order valence-corrected chi connectivity index (χ0v) is 16.5. The Morgan fingerprint density at radius 3 is 2.38 bits per heavy atom. The molecule has 142 valence electrons. The topological polar surface area (TPSA) is 49.4 Å². The van der Waals surface area contributed by atoms with Crippen LogP contribution in [-0.4, -0.2) is 29.8 Å². The van der Waals surface area contributed by atoms with E-state index in [9.17, 15) is 9.59 Å². The first-order valence-corrected chi connectivity index (χ1v) is 11.0. The van der Waals surface area contributed by atoms with Crippen LogP contribution in [0, 0.1) is 23.2 Å². The summed E-state index contributed by atoms with van der Waals surface area (Å²) < 4.78 is 0. The Bertz CT molecular complexity index is 620. The number of likely N-dealkylation sites (N-methyl/N-ethyl adjacent to an activating group) is 1. The summed E-state index contributed by atoms with van der Waals surface area (Å²) in [6.07, 6.45) is 8.52. The molecule has 0 saturated heterocycles.